The molecule has 0 radical (unpaired) electrons. The fourth-order valence-corrected chi connectivity index (χ4v) is 3.46. The summed E-state index contributed by atoms with van der Waals surface area (Å²) in [5, 5.41) is 21.3. The fourth-order valence-electron chi connectivity index (χ4n) is 2.62. The number of rotatable bonds is 7. The summed E-state index contributed by atoms with van der Waals surface area (Å²) in [7, 11) is 0. The van der Waals surface area contributed by atoms with Crippen molar-refractivity contribution in [1.82, 2.24) is 0 Å². The van der Waals surface area contributed by atoms with Crippen LogP contribution >= 0.6 is 11.8 Å². The second-order valence-corrected chi connectivity index (χ2v) is 6.65. The first-order chi connectivity index (χ1) is 10.2. The largest absolute Gasteiger partial charge is 0.481 e. The predicted molar refractivity (Wildman–Crippen MR) is 85.9 cm³/mol. The van der Waals surface area contributed by atoms with Crippen LogP contribution < -0.4 is 5.32 Å². The molecule has 0 bridgehead atoms. The standard InChI is InChI=1S/C16H23NO3S/c18-10-1-11-21-15-8-6-14(7-9-15)17-13-4-2-12(3-5-13)16(19)20/h6-9,12-13,17-18H,1-5,10-11H2,(H,19,20). The van der Waals surface area contributed by atoms with Crippen LogP contribution in [0.5, 0.6) is 0 Å². The Hall–Kier alpha value is -1.20. The number of carbonyl (C=O) groups is 1. The van der Waals surface area contributed by atoms with E-state index in [0.717, 1.165) is 43.5 Å². The first-order valence-electron chi connectivity index (χ1n) is 7.52. The molecule has 21 heavy (non-hydrogen) atoms. The Balaban J connectivity index is 1.77. The smallest absolute Gasteiger partial charge is 0.306 e. The van der Waals surface area contributed by atoms with Crippen molar-refractivity contribution in [2.24, 2.45) is 5.92 Å². The molecule has 0 spiro atoms. The van der Waals surface area contributed by atoms with Gasteiger partial charge in [-0.3, -0.25) is 4.79 Å². The lowest BCUT2D eigenvalue weighted by molar-refractivity contribution is -0.142. The quantitative estimate of drug-likeness (QED) is 0.533. The monoisotopic (exact) mass is 309 g/mol. The van der Waals surface area contributed by atoms with Crippen LogP contribution in [0.25, 0.3) is 0 Å². The molecule has 5 heteroatoms. The van der Waals surface area contributed by atoms with Crippen molar-refractivity contribution >= 4 is 23.4 Å². The van der Waals surface area contributed by atoms with Crippen LogP contribution in [-0.4, -0.2) is 34.6 Å². The van der Waals surface area contributed by atoms with Crippen molar-refractivity contribution in [1.29, 1.82) is 0 Å². The van der Waals surface area contributed by atoms with Crippen LogP contribution in [0.15, 0.2) is 29.2 Å². The number of aliphatic carboxylic acids is 1. The molecule has 0 atom stereocenters. The molecule has 1 aromatic rings. The number of hydrogen-bond donors (Lipinski definition) is 3. The molecule has 3 N–H and O–H groups in total. The molecule has 0 aliphatic heterocycles. The van der Waals surface area contributed by atoms with Crippen LogP contribution in [0.1, 0.15) is 32.1 Å². The topological polar surface area (TPSA) is 69.6 Å². The Bertz CT molecular complexity index is 441. The summed E-state index contributed by atoms with van der Waals surface area (Å²) >= 11 is 1.75. The van der Waals surface area contributed by atoms with E-state index >= 15 is 0 Å². The number of thioether (sulfide) groups is 1. The number of hydrogen-bond acceptors (Lipinski definition) is 4. The first-order valence-corrected chi connectivity index (χ1v) is 8.50. The molecule has 1 fully saturated rings. The van der Waals surface area contributed by atoms with Gasteiger partial charge in [-0.25, -0.2) is 0 Å². The summed E-state index contributed by atoms with van der Waals surface area (Å²) in [6.07, 6.45) is 4.19. The van der Waals surface area contributed by atoms with E-state index in [4.69, 9.17) is 10.2 Å². The van der Waals surface area contributed by atoms with E-state index in [9.17, 15) is 4.79 Å². The van der Waals surface area contributed by atoms with E-state index in [1.165, 1.54) is 4.90 Å². The minimum atomic E-state index is -0.655. The number of carboxylic acids is 1. The number of anilines is 1. The third-order valence-electron chi connectivity index (χ3n) is 3.87. The van der Waals surface area contributed by atoms with Gasteiger partial charge in [0.1, 0.15) is 0 Å². The van der Waals surface area contributed by atoms with Crippen molar-refractivity contribution in [3.8, 4) is 0 Å². The number of benzene rings is 1. The second-order valence-electron chi connectivity index (χ2n) is 5.48. The molecule has 1 aliphatic rings. The highest BCUT2D eigenvalue weighted by atomic mass is 32.2. The van der Waals surface area contributed by atoms with Gasteiger partial charge in [-0.05, 0) is 56.4 Å². The average Bonchev–Trinajstić information content (AvgIpc) is 2.50. The van der Waals surface area contributed by atoms with Crippen molar-refractivity contribution in [3.63, 3.8) is 0 Å². The SMILES string of the molecule is O=C(O)C1CCC(Nc2ccc(SCCCO)cc2)CC1. The molecule has 0 aromatic heterocycles. The number of aliphatic hydroxyl groups is 1. The molecule has 4 nitrogen and oxygen atoms in total. The van der Waals surface area contributed by atoms with Crippen LogP contribution in [-0.2, 0) is 4.79 Å². The highest BCUT2D eigenvalue weighted by Gasteiger charge is 2.25. The molecular formula is C16H23NO3S. The summed E-state index contributed by atoms with van der Waals surface area (Å²) in [6.45, 7) is 0.242. The molecule has 1 aromatic carbocycles. The zero-order chi connectivity index (χ0) is 15.1. The average molecular weight is 309 g/mol. The van der Waals surface area contributed by atoms with Crippen molar-refractivity contribution in [3.05, 3.63) is 24.3 Å². The van der Waals surface area contributed by atoms with Gasteiger partial charge in [0.2, 0.25) is 0 Å². The van der Waals surface area contributed by atoms with Crippen LogP contribution in [0.3, 0.4) is 0 Å². The molecule has 1 aliphatic carbocycles. The minimum absolute atomic E-state index is 0.159. The molecule has 0 amide bonds. The predicted octanol–water partition coefficient (Wildman–Crippen LogP) is 3.22. The summed E-state index contributed by atoms with van der Waals surface area (Å²) in [5.74, 6) is 0.119. The van der Waals surface area contributed by atoms with E-state index in [2.05, 4.69) is 29.6 Å². The molecule has 0 unspecified atom stereocenters. The van der Waals surface area contributed by atoms with Crippen molar-refractivity contribution < 1.29 is 15.0 Å². The van der Waals surface area contributed by atoms with Crippen LogP contribution in [0.4, 0.5) is 5.69 Å². The fraction of sp³-hybridized carbons (Fsp3) is 0.562. The van der Waals surface area contributed by atoms with Gasteiger partial charge < -0.3 is 15.5 Å². The van der Waals surface area contributed by atoms with E-state index in [-0.39, 0.29) is 12.5 Å². The Morgan fingerprint density at radius 1 is 1.19 bits per heavy atom. The summed E-state index contributed by atoms with van der Waals surface area (Å²) in [6, 6.07) is 8.71. The van der Waals surface area contributed by atoms with E-state index in [0.29, 0.717) is 6.04 Å². The summed E-state index contributed by atoms with van der Waals surface area (Å²) < 4.78 is 0. The Labute approximate surface area is 129 Å². The van der Waals surface area contributed by atoms with Gasteiger partial charge in [-0.2, -0.15) is 0 Å². The molecule has 0 heterocycles. The maximum Gasteiger partial charge on any atom is 0.306 e. The number of aliphatic hydroxyl groups excluding tert-OH is 1. The zero-order valence-corrected chi connectivity index (χ0v) is 12.9. The van der Waals surface area contributed by atoms with Crippen molar-refractivity contribution in [2.75, 3.05) is 17.7 Å². The van der Waals surface area contributed by atoms with E-state index in [1.807, 2.05) is 0 Å². The lowest BCUT2D eigenvalue weighted by atomic mass is 9.86. The number of nitrogens with one attached hydrogen (secondary N) is 1. The Morgan fingerprint density at radius 2 is 1.86 bits per heavy atom. The van der Waals surface area contributed by atoms with Crippen LogP contribution in [0.2, 0.25) is 0 Å². The maximum atomic E-state index is 10.9. The lowest BCUT2D eigenvalue weighted by Crippen LogP contribution is -2.29. The molecule has 116 valence electrons. The van der Waals surface area contributed by atoms with Gasteiger partial charge in [0.05, 0.1) is 5.92 Å². The Morgan fingerprint density at radius 3 is 2.43 bits per heavy atom. The minimum Gasteiger partial charge on any atom is -0.481 e. The summed E-state index contributed by atoms with van der Waals surface area (Å²) in [5.41, 5.74) is 1.10. The maximum absolute atomic E-state index is 10.9. The normalized spacial score (nSPS) is 22.0. The second kappa shape index (κ2) is 8.29. The molecular weight excluding hydrogens is 286 g/mol. The molecule has 0 saturated heterocycles. The van der Waals surface area contributed by atoms with E-state index < -0.39 is 5.97 Å². The van der Waals surface area contributed by atoms with Crippen LogP contribution in [0, 0.1) is 5.92 Å². The van der Waals surface area contributed by atoms with Gasteiger partial charge in [0.25, 0.3) is 0 Å². The molecule has 2 rings (SSSR count). The van der Waals surface area contributed by atoms with Gasteiger partial charge in [0.15, 0.2) is 0 Å². The lowest BCUT2D eigenvalue weighted by Gasteiger charge is -2.27. The number of carboxylic acid groups (broad SMARTS) is 1. The van der Waals surface area contributed by atoms with Gasteiger partial charge in [0, 0.05) is 29.0 Å². The van der Waals surface area contributed by atoms with Gasteiger partial charge in [-0.15, -0.1) is 11.8 Å². The first kappa shape index (κ1) is 16.2. The third kappa shape index (κ3) is 5.25. The summed E-state index contributed by atoms with van der Waals surface area (Å²) in [4.78, 5) is 12.1. The third-order valence-corrected chi connectivity index (χ3v) is 4.97. The highest BCUT2D eigenvalue weighted by molar-refractivity contribution is 7.99. The zero-order valence-electron chi connectivity index (χ0n) is 12.1. The van der Waals surface area contributed by atoms with E-state index in [1.54, 1.807) is 11.8 Å². The molecule has 1 saturated carbocycles. The van der Waals surface area contributed by atoms with Crippen molar-refractivity contribution in [2.45, 2.75) is 43.0 Å². The van der Waals surface area contributed by atoms with Gasteiger partial charge in [-0.1, -0.05) is 0 Å². The Kier molecular flexibility index (Phi) is 6.39. The highest BCUT2D eigenvalue weighted by Crippen LogP contribution is 2.27. The van der Waals surface area contributed by atoms with Gasteiger partial charge >= 0.3 is 5.97 Å².